The van der Waals surface area contributed by atoms with Crippen LogP contribution in [-0.2, 0) is 7.05 Å². The van der Waals surface area contributed by atoms with Crippen LogP contribution in [0.1, 0.15) is 15.9 Å². The number of amides is 1. The highest BCUT2D eigenvalue weighted by Gasteiger charge is 2.13. The normalized spacial score (nSPS) is 10.8. The first-order valence-electron chi connectivity index (χ1n) is 8.88. The lowest BCUT2D eigenvalue weighted by Crippen LogP contribution is -2.43. The summed E-state index contributed by atoms with van der Waals surface area (Å²) in [5.41, 5.74) is 8.32. The Morgan fingerprint density at radius 1 is 1.07 bits per heavy atom. The van der Waals surface area contributed by atoms with Crippen LogP contribution < -0.4 is 21.8 Å². The number of nitrogens with zero attached hydrogens (tertiary/aromatic N) is 1. The Balaban J connectivity index is 1.45. The molecular weight excluding hydrogens is 388 g/mol. The molecule has 0 bridgehead atoms. The van der Waals surface area contributed by atoms with Gasteiger partial charge in [-0.1, -0.05) is 18.2 Å². The highest BCUT2D eigenvalue weighted by molar-refractivity contribution is 7.80. The van der Waals surface area contributed by atoms with Gasteiger partial charge in [0.2, 0.25) is 0 Å². The van der Waals surface area contributed by atoms with Crippen molar-refractivity contribution in [1.29, 1.82) is 0 Å². The number of aryl methyl sites for hydroxylation is 2. The second-order valence-electron chi connectivity index (χ2n) is 6.66. The van der Waals surface area contributed by atoms with E-state index in [1.54, 1.807) is 12.3 Å². The van der Waals surface area contributed by atoms with Gasteiger partial charge in [0.05, 0.1) is 5.56 Å². The minimum atomic E-state index is -0.407. The van der Waals surface area contributed by atoms with Crippen molar-refractivity contribution in [3.63, 3.8) is 0 Å². The smallest absolute Gasteiger partial charge is 0.336 e. The Kier molecular flexibility index (Phi) is 4.77. The minimum absolute atomic E-state index is 0.202. The summed E-state index contributed by atoms with van der Waals surface area (Å²) in [7, 11) is 1.89. The molecule has 2 aromatic carbocycles. The molecule has 0 saturated heterocycles. The van der Waals surface area contributed by atoms with Gasteiger partial charge in [-0.2, -0.15) is 0 Å². The van der Waals surface area contributed by atoms with Gasteiger partial charge in [0.25, 0.3) is 5.91 Å². The summed E-state index contributed by atoms with van der Waals surface area (Å²) in [5, 5.41) is 4.86. The van der Waals surface area contributed by atoms with E-state index >= 15 is 0 Å². The van der Waals surface area contributed by atoms with Crippen LogP contribution in [0.25, 0.3) is 21.9 Å². The maximum atomic E-state index is 12.6. The topological polar surface area (TPSA) is 88.3 Å². The first-order chi connectivity index (χ1) is 13.9. The third-order valence-electron chi connectivity index (χ3n) is 4.64. The Morgan fingerprint density at radius 3 is 2.69 bits per heavy atom. The number of para-hydroxylation sites is 1. The third kappa shape index (κ3) is 3.70. The molecule has 0 aliphatic carbocycles. The summed E-state index contributed by atoms with van der Waals surface area (Å²) in [6.07, 6.45) is 1.77. The van der Waals surface area contributed by atoms with E-state index < -0.39 is 5.63 Å². The van der Waals surface area contributed by atoms with Gasteiger partial charge in [0.1, 0.15) is 5.58 Å². The quantitative estimate of drug-likeness (QED) is 0.269. The zero-order valence-electron chi connectivity index (χ0n) is 15.8. The number of thiocarbonyl (C=S) groups is 1. The zero-order chi connectivity index (χ0) is 20.5. The van der Waals surface area contributed by atoms with E-state index in [2.05, 4.69) is 16.2 Å². The summed E-state index contributed by atoms with van der Waals surface area (Å²) in [5.74, 6) is -0.300. The lowest BCUT2D eigenvalue weighted by atomic mass is 10.1. The van der Waals surface area contributed by atoms with E-state index in [0.29, 0.717) is 16.8 Å². The van der Waals surface area contributed by atoms with E-state index in [4.69, 9.17) is 16.6 Å². The van der Waals surface area contributed by atoms with Crippen LogP contribution in [0, 0.1) is 6.92 Å². The Labute approximate surface area is 171 Å². The van der Waals surface area contributed by atoms with Gasteiger partial charge >= 0.3 is 5.63 Å². The van der Waals surface area contributed by atoms with Gasteiger partial charge in [0, 0.05) is 47.4 Å². The largest absolute Gasteiger partial charge is 0.423 e. The van der Waals surface area contributed by atoms with Crippen molar-refractivity contribution in [2.24, 2.45) is 7.05 Å². The van der Waals surface area contributed by atoms with Crippen LogP contribution in [0.2, 0.25) is 0 Å². The highest BCUT2D eigenvalue weighted by Crippen LogP contribution is 2.21. The minimum Gasteiger partial charge on any atom is -0.423 e. The number of hydrazine groups is 1. The number of anilines is 1. The molecule has 2 heterocycles. The summed E-state index contributed by atoms with van der Waals surface area (Å²) in [4.78, 5) is 24.1. The van der Waals surface area contributed by atoms with Crippen LogP contribution in [0.4, 0.5) is 5.69 Å². The molecule has 0 aliphatic heterocycles. The molecule has 0 unspecified atom stereocenters. The van der Waals surface area contributed by atoms with Gasteiger partial charge in [0.15, 0.2) is 5.11 Å². The van der Waals surface area contributed by atoms with Gasteiger partial charge in [-0.15, -0.1) is 0 Å². The molecule has 29 heavy (non-hydrogen) atoms. The standard InChI is InChI=1S/C21H18N4O3S/c1-12-9-19(26)28-18-10-13(7-8-14(12)18)22-21(29)24-23-20(27)16-11-25(2)17-6-4-3-5-15(16)17/h3-11H,1-2H3,(H,23,27)(H2,22,24,29). The fourth-order valence-corrected chi connectivity index (χ4v) is 3.44. The van der Waals surface area contributed by atoms with E-state index in [0.717, 1.165) is 21.9 Å². The van der Waals surface area contributed by atoms with Crippen molar-refractivity contribution in [2.45, 2.75) is 6.92 Å². The Bertz CT molecular complexity index is 1320. The molecule has 2 aromatic heterocycles. The zero-order valence-corrected chi connectivity index (χ0v) is 16.6. The molecule has 0 radical (unpaired) electrons. The second kappa shape index (κ2) is 7.40. The van der Waals surface area contributed by atoms with Gasteiger partial charge in [-0.05, 0) is 42.9 Å². The molecule has 0 aliphatic rings. The van der Waals surface area contributed by atoms with E-state index in [1.807, 2.05) is 54.9 Å². The van der Waals surface area contributed by atoms with E-state index in [-0.39, 0.29) is 11.0 Å². The van der Waals surface area contributed by atoms with Crippen LogP contribution >= 0.6 is 12.2 Å². The van der Waals surface area contributed by atoms with Crippen molar-refractivity contribution in [3.8, 4) is 0 Å². The van der Waals surface area contributed by atoms with Gasteiger partial charge in [-0.25, -0.2) is 4.79 Å². The molecule has 0 spiro atoms. The fraction of sp³-hybridized carbons (Fsp3) is 0.0952. The maximum absolute atomic E-state index is 12.6. The molecule has 0 fully saturated rings. The van der Waals surface area contributed by atoms with Gasteiger partial charge < -0.3 is 14.3 Å². The predicted octanol–water partition coefficient (Wildman–Crippen LogP) is 3.22. The lowest BCUT2D eigenvalue weighted by molar-refractivity contribution is 0.0945. The molecule has 4 rings (SSSR count). The molecule has 8 heteroatoms. The number of aromatic nitrogens is 1. The Morgan fingerprint density at radius 2 is 1.86 bits per heavy atom. The number of hydrogen-bond acceptors (Lipinski definition) is 4. The van der Waals surface area contributed by atoms with Crippen LogP contribution in [0.15, 0.2) is 63.9 Å². The molecule has 146 valence electrons. The lowest BCUT2D eigenvalue weighted by Gasteiger charge is -2.12. The summed E-state index contributed by atoms with van der Waals surface area (Å²) < 4.78 is 7.13. The first kappa shape index (κ1) is 18.7. The summed E-state index contributed by atoms with van der Waals surface area (Å²) in [6.45, 7) is 1.85. The maximum Gasteiger partial charge on any atom is 0.336 e. The number of nitrogens with one attached hydrogen (secondary N) is 3. The average molecular weight is 406 g/mol. The summed E-state index contributed by atoms with van der Waals surface area (Å²) in [6, 6.07) is 14.4. The molecule has 7 nitrogen and oxygen atoms in total. The van der Waals surface area contributed by atoms with E-state index in [1.165, 1.54) is 6.07 Å². The SMILES string of the molecule is Cc1cc(=O)oc2cc(NC(=S)NNC(=O)c3cn(C)c4ccccc34)ccc12. The van der Waals surface area contributed by atoms with Crippen LogP contribution in [0.3, 0.4) is 0 Å². The third-order valence-corrected chi connectivity index (χ3v) is 4.84. The average Bonchev–Trinajstić information content (AvgIpc) is 3.03. The van der Waals surface area contributed by atoms with Crippen molar-refractivity contribution >= 4 is 50.8 Å². The number of fused-ring (bicyclic) bond motifs is 2. The van der Waals surface area contributed by atoms with Crippen LogP contribution in [0.5, 0.6) is 0 Å². The molecule has 0 saturated carbocycles. The van der Waals surface area contributed by atoms with Gasteiger partial charge in [-0.3, -0.25) is 15.6 Å². The Hall–Kier alpha value is -3.65. The van der Waals surface area contributed by atoms with E-state index in [9.17, 15) is 9.59 Å². The highest BCUT2D eigenvalue weighted by atomic mass is 32.1. The second-order valence-corrected chi connectivity index (χ2v) is 7.07. The van der Waals surface area contributed by atoms with Crippen molar-refractivity contribution < 1.29 is 9.21 Å². The van der Waals surface area contributed by atoms with Crippen molar-refractivity contribution in [3.05, 3.63) is 76.3 Å². The van der Waals surface area contributed by atoms with Crippen molar-refractivity contribution in [1.82, 2.24) is 15.4 Å². The number of benzene rings is 2. The molecule has 0 atom stereocenters. The first-order valence-corrected chi connectivity index (χ1v) is 9.29. The van der Waals surface area contributed by atoms with Crippen LogP contribution in [-0.4, -0.2) is 15.6 Å². The summed E-state index contributed by atoms with van der Waals surface area (Å²) >= 11 is 5.25. The fourth-order valence-electron chi connectivity index (χ4n) is 3.27. The number of rotatable bonds is 2. The monoisotopic (exact) mass is 406 g/mol. The number of carbonyl (C=O) groups is 1. The molecular formula is C21H18N4O3S. The molecule has 3 N–H and O–H groups in total. The number of carbonyl (C=O) groups excluding carboxylic acids is 1. The molecule has 1 amide bonds. The number of hydrogen-bond donors (Lipinski definition) is 3. The molecule has 4 aromatic rings. The van der Waals surface area contributed by atoms with Crippen molar-refractivity contribution in [2.75, 3.05) is 5.32 Å². The predicted molar refractivity (Wildman–Crippen MR) is 117 cm³/mol.